The van der Waals surface area contributed by atoms with E-state index >= 15 is 0 Å². The summed E-state index contributed by atoms with van der Waals surface area (Å²) in [5.41, 5.74) is 1.03. The van der Waals surface area contributed by atoms with Crippen LogP contribution in [0.15, 0.2) is 22.7 Å². The van der Waals surface area contributed by atoms with E-state index in [1.165, 1.54) is 0 Å². The van der Waals surface area contributed by atoms with Crippen LogP contribution in [-0.2, 0) is 17.9 Å². The van der Waals surface area contributed by atoms with Crippen LogP contribution in [0.4, 0.5) is 0 Å². The van der Waals surface area contributed by atoms with Gasteiger partial charge in [-0.3, -0.25) is 4.90 Å². The first kappa shape index (κ1) is 16.2. The van der Waals surface area contributed by atoms with E-state index in [9.17, 15) is 0 Å². The number of rotatable bonds is 6. The Labute approximate surface area is 133 Å². The minimum Gasteiger partial charge on any atom is -0.377 e. The molecular formula is C14H17Cl2N3O2. The molecule has 0 spiro atoms. The van der Waals surface area contributed by atoms with E-state index in [1.807, 2.05) is 26.1 Å². The number of aromatic nitrogens is 2. The average Bonchev–Trinajstić information content (AvgIpc) is 2.85. The highest BCUT2D eigenvalue weighted by atomic mass is 35.5. The standard InChI is InChI=1S/C14H17Cl2N3O2/c1-9(14-17-13(8-20-3)18-21-14)19(2)7-10-4-11(15)6-12(16)5-10/h4-6,9H,7-8H2,1-3H3/t9-/m0/s1. The molecule has 0 unspecified atom stereocenters. The van der Waals surface area contributed by atoms with Gasteiger partial charge in [-0.05, 0) is 37.7 Å². The third-order valence-electron chi connectivity index (χ3n) is 3.13. The first-order chi connectivity index (χ1) is 9.99. The van der Waals surface area contributed by atoms with Crippen molar-refractivity contribution < 1.29 is 9.26 Å². The summed E-state index contributed by atoms with van der Waals surface area (Å²) in [6.45, 7) is 3.00. The van der Waals surface area contributed by atoms with Crippen molar-refractivity contribution in [3.63, 3.8) is 0 Å². The van der Waals surface area contributed by atoms with E-state index in [2.05, 4.69) is 15.0 Å². The lowest BCUT2D eigenvalue weighted by Crippen LogP contribution is -2.22. The van der Waals surface area contributed by atoms with Gasteiger partial charge >= 0.3 is 0 Å². The Morgan fingerprint density at radius 1 is 1.29 bits per heavy atom. The second-order valence-corrected chi connectivity index (χ2v) is 5.72. The third kappa shape index (κ3) is 4.41. The van der Waals surface area contributed by atoms with Crippen molar-refractivity contribution in [1.82, 2.24) is 15.0 Å². The summed E-state index contributed by atoms with van der Waals surface area (Å²) < 4.78 is 10.2. The number of hydrogen-bond donors (Lipinski definition) is 0. The highest BCUT2D eigenvalue weighted by Crippen LogP contribution is 2.23. The SMILES string of the molecule is COCc1noc([C@H](C)N(C)Cc2cc(Cl)cc(Cl)c2)n1. The Morgan fingerprint density at radius 3 is 2.57 bits per heavy atom. The van der Waals surface area contributed by atoms with Gasteiger partial charge < -0.3 is 9.26 Å². The number of benzene rings is 1. The van der Waals surface area contributed by atoms with Crippen molar-refractivity contribution in [1.29, 1.82) is 0 Å². The Kier molecular flexibility index (Phi) is 5.58. The lowest BCUT2D eigenvalue weighted by Gasteiger charge is -2.21. The quantitative estimate of drug-likeness (QED) is 0.808. The molecule has 0 saturated carbocycles. The normalized spacial score (nSPS) is 12.9. The molecule has 1 heterocycles. The zero-order chi connectivity index (χ0) is 15.4. The molecule has 1 aromatic heterocycles. The predicted octanol–water partition coefficient (Wildman–Crippen LogP) is 3.72. The maximum atomic E-state index is 6.01. The van der Waals surface area contributed by atoms with Crippen molar-refractivity contribution in [2.24, 2.45) is 0 Å². The molecule has 0 amide bonds. The molecule has 0 saturated heterocycles. The van der Waals surface area contributed by atoms with Gasteiger partial charge in [-0.2, -0.15) is 4.98 Å². The van der Waals surface area contributed by atoms with Crippen LogP contribution < -0.4 is 0 Å². The van der Waals surface area contributed by atoms with Gasteiger partial charge in [0, 0.05) is 23.7 Å². The van der Waals surface area contributed by atoms with Gasteiger partial charge in [0.2, 0.25) is 5.89 Å². The van der Waals surface area contributed by atoms with Crippen molar-refractivity contribution in [3.8, 4) is 0 Å². The molecule has 0 bridgehead atoms. The predicted molar refractivity (Wildman–Crippen MR) is 81.4 cm³/mol. The second-order valence-electron chi connectivity index (χ2n) is 4.85. The fourth-order valence-corrected chi connectivity index (χ4v) is 2.51. The highest BCUT2D eigenvalue weighted by molar-refractivity contribution is 6.34. The summed E-state index contributed by atoms with van der Waals surface area (Å²) >= 11 is 12.0. The highest BCUT2D eigenvalue weighted by Gasteiger charge is 2.19. The van der Waals surface area contributed by atoms with Crippen LogP contribution in [0.5, 0.6) is 0 Å². The molecule has 0 aliphatic carbocycles. The maximum Gasteiger partial charge on any atom is 0.243 e. The van der Waals surface area contributed by atoms with E-state index < -0.39 is 0 Å². The summed E-state index contributed by atoms with van der Waals surface area (Å²) in [5, 5.41) is 5.11. The minimum absolute atomic E-state index is 0.0270. The molecule has 0 fully saturated rings. The van der Waals surface area contributed by atoms with Crippen LogP contribution in [0.2, 0.25) is 10.0 Å². The van der Waals surface area contributed by atoms with Crippen LogP contribution in [-0.4, -0.2) is 29.2 Å². The molecule has 2 aromatic rings. The molecule has 1 aromatic carbocycles. The Bertz CT molecular complexity index is 583. The number of halogens is 2. The van der Waals surface area contributed by atoms with Gasteiger partial charge in [-0.15, -0.1) is 0 Å². The van der Waals surface area contributed by atoms with Crippen LogP contribution in [0, 0.1) is 0 Å². The van der Waals surface area contributed by atoms with Crippen LogP contribution in [0.25, 0.3) is 0 Å². The molecule has 0 aliphatic rings. The smallest absolute Gasteiger partial charge is 0.243 e. The van der Waals surface area contributed by atoms with Crippen molar-refractivity contribution in [2.45, 2.75) is 26.1 Å². The molecule has 1 atom stereocenters. The fourth-order valence-electron chi connectivity index (χ4n) is 1.94. The van der Waals surface area contributed by atoms with Gasteiger partial charge in [0.1, 0.15) is 6.61 Å². The van der Waals surface area contributed by atoms with Crippen LogP contribution in [0.1, 0.15) is 30.2 Å². The van der Waals surface area contributed by atoms with Crippen molar-refractivity contribution in [3.05, 3.63) is 45.5 Å². The van der Waals surface area contributed by atoms with E-state index in [0.717, 1.165) is 5.56 Å². The number of nitrogens with zero attached hydrogens (tertiary/aromatic N) is 3. The van der Waals surface area contributed by atoms with E-state index in [-0.39, 0.29) is 6.04 Å². The molecule has 2 rings (SSSR count). The maximum absolute atomic E-state index is 6.01. The van der Waals surface area contributed by atoms with Gasteiger partial charge in [0.05, 0.1) is 6.04 Å². The Balaban J connectivity index is 2.05. The van der Waals surface area contributed by atoms with Gasteiger partial charge in [-0.1, -0.05) is 28.4 Å². The summed E-state index contributed by atoms with van der Waals surface area (Å²) in [7, 11) is 3.56. The summed E-state index contributed by atoms with van der Waals surface area (Å²) in [6, 6.07) is 5.47. The minimum atomic E-state index is -0.0270. The van der Waals surface area contributed by atoms with E-state index in [4.69, 9.17) is 32.5 Å². The second kappa shape index (κ2) is 7.22. The number of methoxy groups -OCH3 is 1. The summed E-state index contributed by atoms with van der Waals surface area (Å²) in [4.78, 5) is 6.38. The molecule has 0 N–H and O–H groups in total. The Morgan fingerprint density at radius 2 is 1.95 bits per heavy atom. The largest absolute Gasteiger partial charge is 0.377 e. The van der Waals surface area contributed by atoms with Gasteiger partial charge in [-0.25, -0.2) is 0 Å². The van der Waals surface area contributed by atoms with Crippen LogP contribution in [0.3, 0.4) is 0 Å². The first-order valence-corrected chi connectivity index (χ1v) is 7.22. The molecule has 7 heteroatoms. The third-order valence-corrected chi connectivity index (χ3v) is 3.57. The van der Waals surface area contributed by atoms with Crippen molar-refractivity contribution in [2.75, 3.05) is 14.2 Å². The monoisotopic (exact) mass is 329 g/mol. The lowest BCUT2D eigenvalue weighted by atomic mass is 10.2. The Hall–Kier alpha value is -1.14. The summed E-state index contributed by atoms with van der Waals surface area (Å²) in [5.74, 6) is 1.09. The van der Waals surface area contributed by atoms with E-state index in [0.29, 0.717) is 34.9 Å². The fraction of sp³-hybridized carbons (Fsp3) is 0.429. The summed E-state index contributed by atoms with van der Waals surface area (Å²) in [6.07, 6.45) is 0. The van der Waals surface area contributed by atoms with Gasteiger partial charge in [0.25, 0.3) is 0 Å². The zero-order valence-corrected chi connectivity index (χ0v) is 13.6. The van der Waals surface area contributed by atoms with Gasteiger partial charge in [0.15, 0.2) is 5.82 Å². The van der Waals surface area contributed by atoms with Crippen LogP contribution >= 0.6 is 23.2 Å². The van der Waals surface area contributed by atoms with E-state index in [1.54, 1.807) is 13.2 Å². The topological polar surface area (TPSA) is 51.4 Å². The molecule has 0 radical (unpaired) electrons. The zero-order valence-electron chi connectivity index (χ0n) is 12.1. The molecule has 114 valence electrons. The first-order valence-electron chi connectivity index (χ1n) is 6.46. The average molecular weight is 330 g/mol. The molecule has 21 heavy (non-hydrogen) atoms. The number of hydrogen-bond acceptors (Lipinski definition) is 5. The molecule has 0 aliphatic heterocycles. The lowest BCUT2D eigenvalue weighted by molar-refractivity contribution is 0.173. The molecule has 5 nitrogen and oxygen atoms in total. The van der Waals surface area contributed by atoms with Crippen molar-refractivity contribution >= 4 is 23.2 Å². The molecular weight excluding hydrogens is 313 g/mol. The number of ether oxygens (including phenoxy) is 1.